The van der Waals surface area contributed by atoms with E-state index in [1.165, 1.54) is 37.0 Å². The standard InChI is InChI=1S/C14H15N3O2S/c1-8(18)17(9(2)19)13-12-10-5-3-4-6-11(10)20-14(12)16-7-15-13/h7H,3-6H2,1-2H3. The summed E-state index contributed by atoms with van der Waals surface area (Å²) in [4.78, 5) is 35.4. The Morgan fingerprint density at radius 1 is 1.15 bits per heavy atom. The number of nitrogens with zero attached hydrogens (tertiary/aromatic N) is 3. The molecule has 0 unspecified atom stereocenters. The lowest BCUT2D eigenvalue weighted by Gasteiger charge is -2.18. The Labute approximate surface area is 120 Å². The summed E-state index contributed by atoms with van der Waals surface area (Å²) < 4.78 is 0. The van der Waals surface area contributed by atoms with Gasteiger partial charge in [-0.05, 0) is 31.2 Å². The Morgan fingerprint density at radius 2 is 1.85 bits per heavy atom. The van der Waals surface area contributed by atoms with Gasteiger partial charge in [-0.3, -0.25) is 9.59 Å². The minimum Gasteiger partial charge on any atom is -0.274 e. The van der Waals surface area contributed by atoms with E-state index in [0.717, 1.165) is 34.4 Å². The second kappa shape index (κ2) is 4.94. The van der Waals surface area contributed by atoms with Gasteiger partial charge in [0.1, 0.15) is 11.2 Å². The van der Waals surface area contributed by atoms with E-state index in [1.54, 1.807) is 11.3 Å². The van der Waals surface area contributed by atoms with Crippen molar-refractivity contribution in [3.63, 3.8) is 0 Å². The van der Waals surface area contributed by atoms with Crippen molar-refractivity contribution in [1.29, 1.82) is 0 Å². The minimum absolute atomic E-state index is 0.312. The zero-order valence-electron chi connectivity index (χ0n) is 11.5. The summed E-state index contributed by atoms with van der Waals surface area (Å²) in [6.45, 7) is 2.77. The highest BCUT2D eigenvalue weighted by molar-refractivity contribution is 7.19. The SMILES string of the molecule is CC(=O)N(C(C)=O)c1ncnc2sc3c(c12)CCCC3. The second-order valence-corrected chi connectivity index (χ2v) is 6.05. The number of aryl methyl sites for hydroxylation is 2. The molecule has 20 heavy (non-hydrogen) atoms. The molecule has 2 aromatic heterocycles. The molecule has 0 bridgehead atoms. The fraction of sp³-hybridized carbons (Fsp3) is 0.429. The molecule has 0 saturated heterocycles. The third-order valence-electron chi connectivity index (χ3n) is 3.57. The molecule has 0 radical (unpaired) electrons. The van der Waals surface area contributed by atoms with Crippen LogP contribution in [0, 0.1) is 0 Å². The normalized spacial score (nSPS) is 14.1. The van der Waals surface area contributed by atoms with Crippen LogP contribution in [-0.4, -0.2) is 21.8 Å². The molecule has 0 N–H and O–H groups in total. The molecule has 1 aliphatic carbocycles. The molecule has 0 spiro atoms. The summed E-state index contributed by atoms with van der Waals surface area (Å²) >= 11 is 1.65. The molecule has 5 nitrogen and oxygen atoms in total. The maximum atomic E-state index is 11.8. The smallest absolute Gasteiger partial charge is 0.231 e. The Kier molecular flexibility index (Phi) is 3.25. The van der Waals surface area contributed by atoms with Crippen molar-refractivity contribution in [2.45, 2.75) is 39.5 Å². The topological polar surface area (TPSA) is 63.2 Å². The average Bonchev–Trinajstić information content (AvgIpc) is 2.77. The number of aromatic nitrogens is 2. The van der Waals surface area contributed by atoms with E-state index in [9.17, 15) is 9.59 Å². The Morgan fingerprint density at radius 3 is 2.55 bits per heavy atom. The number of rotatable bonds is 1. The zero-order valence-corrected chi connectivity index (χ0v) is 12.3. The molecule has 0 saturated carbocycles. The van der Waals surface area contributed by atoms with Crippen LogP contribution < -0.4 is 4.90 Å². The molecule has 0 aliphatic heterocycles. The van der Waals surface area contributed by atoms with Crippen molar-refractivity contribution in [2.24, 2.45) is 0 Å². The molecular weight excluding hydrogens is 274 g/mol. The van der Waals surface area contributed by atoms with Crippen LogP contribution in [0.1, 0.15) is 37.1 Å². The van der Waals surface area contributed by atoms with Crippen LogP contribution in [0.5, 0.6) is 0 Å². The van der Waals surface area contributed by atoms with Gasteiger partial charge in [-0.1, -0.05) is 0 Å². The van der Waals surface area contributed by atoms with Crippen LogP contribution >= 0.6 is 11.3 Å². The third-order valence-corrected chi connectivity index (χ3v) is 4.77. The van der Waals surface area contributed by atoms with Crippen LogP contribution in [0.3, 0.4) is 0 Å². The van der Waals surface area contributed by atoms with Gasteiger partial charge in [-0.2, -0.15) is 0 Å². The van der Waals surface area contributed by atoms with E-state index in [2.05, 4.69) is 9.97 Å². The first-order valence-electron chi connectivity index (χ1n) is 6.66. The number of carbonyl (C=O) groups is 2. The maximum absolute atomic E-state index is 11.8. The Balaban J connectivity index is 2.27. The van der Waals surface area contributed by atoms with Gasteiger partial charge in [-0.15, -0.1) is 11.3 Å². The van der Waals surface area contributed by atoms with Crippen LogP contribution in [0.2, 0.25) is 0 Å². The fourth-order valence-electron chi connectivity index (χ4n) is 2.76. The van der Waals surface area contributed by atoms with Gasteiger partial charge in [0.05, 0.1) is 5.39 Å². The number of amides is 2. The van der Waals surface area contributed by atoms with Crippen molar-refractivity contribution >= 4 is 39.2 Å². The van der Waals surface area contributed by atoms with E-state index in [4.69, 9.17) is 0 Å². The zero-order chi connectivity index (χ0) is 14.3. The lowest BCUT2D eigenvalue weighted by Crippen LogP contribution is -2.34. The quantitative estimate of drug-likeness (QED) is 0.809. The predicted octanol–water partition coefficient (Wildman–Crippen LogP) is 2.47. The Hall–Kier alpha value is -1.82. The number of hydrogen-bond donors (Lipinski definition) is 0. The first-order valence-corrected chi connectivity index (χ1v) is 7.47. The highest BCUT2D eigenvalue weighted by Gasteiger charge is 2.26. The highest BCUT2D eigenvalue weighted by Crippen LogP contribution is 2.39. The molecule has 104 valence electrons. The van der Waals surface area contributed by atoms with E-state index in [1.807, 2.05) is 0 Å². The van der Waals surface area contributed by atoms with Crippen LogP contribution in [0.15, 0.2) is 6.33 Å². The first-order chi connectivity index (χ1) is 9.59. The number of imide groups is 1. The molecule has 3 rings (SSSR count). The molecule has 2 heterocycles. The van der Waals surface area contributed by atoms with Crippen molar-refractivity contribution in [1.82, 2.24) is 9.97 Å². The van der Waals surface area contributed by atoms with Gasteiger partial charge >= 0.3 is 0 Å². The highest BCUT2D eigenvalue weighted by atomic mass is 32.1. The van der Waals surface area contributed by atoms with Crippen LogP contribution in [-0.2, 0) is 22.4 Å². The van der Waals surface area contributed by atoms with E-state index < -0.39 is 0 Å². The number of fused-ring (bicyclic) bond motifs is 3. The van der Waals surface area contributed by atoms with Crippen LogP contribution in [0.25, 0.3) is 10.2 Å². The summed E-state index contributed by atoms with van der Waals surface area (Å²) in [5, 5.41) is 0.887. The van der Waals surface area contributed by atoms with Gasteiger partial charge in [0.2, 0.25) is 11.8 Å². The summed E-state index contributed by atoms with van der Waals surface area (Å²) in [5.74, 6) is -0.184. The minimum atomic E-state index is -0.312. The summed E-state index contributed by atoms with van der Waals surface area (Å²) in [5.41, 5.74) is 1.22. The van der Waals surface area contributed by atoms with E-state index in [0.29, 0.717) is 5.82 Å². The van der Waals surface area contributed by atoms with Crippen molar-refractivity contribution in [2.75, 3.05) is 4.90 Å². The van der Waals surface area contributed by atoms with Gasteiger partial charge in [0, 0.05) is 18.7 Å². The summed E-state index contributed by atoms with van der Waals surface area (Å²) in [6, 6.07) is 0. The van der Waals surface area contributed by atoms with Gasteiger partial charge in [-0.25, -0.2) is 14.9 Å². The average molecular weight is 289 g/mol. The lowest BCUT2D eigenvalue weighted by atomic mass is 9.97. The number of carbonyl (C=O) groups excluding carboxylic acids is 2. The number of thiophene rings is 1. The molecule has 1 aliphatic rings. The first kappa shape index (κ1) is 13.2. The third kappa shape index (κ3) is 2.00. The molecular formula is C14H15N3O2S. The van der Waals surface area contributed by atoms with Crippen LogP contribution in [0.4, 0.5) is 5.82 Å². The largest absolute Gasteiger partial charge is 0.274 e. The van der Waals surface area contributed by atoms with Crippen molar-refractivity contribution in [3.05, 3.63) is 16.8 Å². The van der Waals surface area contributed by atoms with Gasteiger partial charge in [0.15, 0.2) is 5.82 Å². The second-order valence-electron chi connectivity index (χ2n) is 4.96. The van der Waals surface area contributed by atoms with E-state index >= 15 is 0 Å². The summed E-state index contributed by atoms with van der Waals surface area (Å²) in [7, 11) is 0. The van der Waals surface area contributed by atoms with Crippen molar-refractivity contribution < 1.29 is 9.59 Å². The maximum Gasteiger partial charge on any atom is 0.231 e. The van der Waals surface area contributed by atoms with E-state index in [-0.39, 0.29) is 11.8 Å². The van der Waals surface area contributed by atoms with Crippen molar-refractivity contribution in [3.8, 4) is 0 Å². The number of hydrogen-bond acceptors (Lipinski definition) is 5. The number of anilines is 1. The molecule has 0 aromatic carbocycles. The molecule has 6 heteroatoms. The van der Waals surface area contributed by atoms with Gasteiger partial charge < -0.3 is 0 Å². The Bertz CT molecular complexity index is 694. The molecule has 2 aromatic rings. The monoisotopic (exact) mass is 289 g/mol. The predicted molar refractivity (Wildman–Crippen MR) is 77.9 cm³/mol. The fourth-order valence-corrected chi connectivity index (χ4v) is 3.99. The summed E-state index contributed by atoms with van der Waals surface area (Å²) in [6.07, 6.45) is 5.77. The lowest BCUT2D eigenvalue weighted by molar-refractivity contribution is -0.124. The molecule has 0 fully saturated rings. The molecule has 0 atom stereocenters. The van der Waals surface area contributed by atoms with Gasteiger partial charge in [0.25, 0.3) is 0 Å². The molecule has 2 amide bonds.